The maximum absolute atomic E-state index is 12.4. The van der Waals surface area contributed by atoms with E-state index in [2.05, 4.69) is 10.1 Å². The Bertz CT molecular complexity index is 1110. The van der Waals surface area contributed by atoms with Crippen LogP contribution in [-0.2, 0) is 10.4 Å². The Morgan fingerprint density at radius 3 is 2.79 bits per heavy atom. The van der Waals surface area contributed by atoms with Gasteiger partial charge in [-0.25, -0.2) is 9.67 Å². The lowest BCUT2D eigenvalue weighted by molar-refractivity contribution is -0.143. The number of likely N-dealkylation sites (tertiary alicyclic amines) is 1. The number of carbonyl (C=O) groups excluding carboxylic acids is 2. The van der Waals surface area contributed by atoms with E-state index < -0.39 is 11.5 Å². The summed E-state index contributed by atoms with van der Waals surface area (Å²) >= 11 is 0. The molecule has 1 saturated heterocycles. The van der Waals surface area contributed by atoms with E-state index in [1.54, 1.807) is 37.4 Å². The number of hydrogen-bond donors (Lipinski definition) is 2. The number of primary amides is 1. The number of aromatic nitrogens is 3. The van der Waals surface area contributed by atoms with Crippen LogP contribution in [0.25, 0.3) is 16.7 Å². The van der Waals surface area contributed by atoms with Crippen LogP contribution in [-0.4, -0.2) is 57.3 Å². The summed E-state index contributed by atoms with van der Waals surface area (Å²) in [5.41, 5.74) is 5.36. The maximum Gasteiger partial charge on any atom is 0.269 e. The molecule has 3 aromatic rings. The quantitative estimate of drug-likeness (QED) is 0.681. The number of aliphatic hydroxyl groups is 1. The number of amides is 2. The third-order valence-corrected chi connectivity index (χ3v) is 5.04. The van der Waals surface area contributed by atoms with Gasteiger partial charge in [0.05, 0.1) is 24.4 Å². The summed E-state index contributed by atoms with van der Waals surface area (Å²) < 4.78 is 6.63. The summed E-state index contributed by atoms with van der Waals surface area (Å²) in [6.07, 6.45) is 1.81. The summed E-state index contributed by atoms with van der Waals surface area (Å²) in [6.45, 7) is 0.470. The number of hydrogen-bond acceptors (Lipinski definition) is 6. The normalized spacial score (nSPS) is 19.4. The van der Waals surface area contributed by atoms with E-state index in [1.165, 1.54) is 22.9 Å². The average Bonchev–Trinajstić information content (AvgIpc) is 3.21. The molecule has 1 aliphatic rings. The molecule has 0 bridgehead atoms. The first-order valence-electron chi connectivity index (χ1n) is 8.66. The molecule has 1 aliphatic heterocycles. The lowest BCUT2D eigenvalue weighted by Gasteiger charge is -2.21. The molecule has 4 rings (SSSR count). The van der Waals surface area contributed by atoms with E-state index in [4.69, 9.17) is 10.5 Å². The zero-order valence-electron chi connectivity index (χ0n) is 15.4. The van der Waals surface area contributed by atoms with Crippen molar-refractivity contribution in [2.75, 3.05) is 20.7 Å². The third kappa shape index (κ3) is 2.59. The monoisotopic (exact) mass is 381 g/mol. The first-order chi connectivity index (χ1) is 13.3. The zero-order valence-corrected chi connectivity index (χ0v) is 15.4. The predicted octanol–water partition coefficient (Wildman–Crippen LogP) is 0.578. The number of pyridine rings is 1. The number of likely N-dealkylation sites (N-methyl/N-ethyl adjacent to an activating group) is 1. The van der Waals surface area contributed by atoms with Crippen LogP contribution in [0, 0.1) is 0 Å². The highest BCUT2D eigenvalue weighted by atomic mass is 16.5. The molecule has 9 heteroatoms. The van der Waals surface area contributed by atoms with Crippen LogP contribution >= 0.6 is 0 Å². The fourth-order valence-corrected chi connectivity index (χ4v) is 3.47. The zero-order chi connectivity index (χ0) is 20.1. The molecule has 2 amide bonds. The van der Waals surface area contributed by atoms with Gasteiger partial charge in [0.1, 0.15) is 5.75 Å². The van der Waals surface area contributed by atoms with E-state index >= 15 is 0 Å². The second-order valence-corrected chi connectivity index (χ2v) is 6.76. The highest BCUT2D eigenvalue weighted by Gasteiger charge is 2.45. The minimum Gasteiger partial charge on any atom is -0.495 e. The van der Waals surface area contributed by atoms with Gasteiger partial charge < -0.3 is 20.5 Å². The molecule has 28 heavy (non-hydrogen) atoms. The molecule has 1 atom stereocenters. The van der Waals surface area contributed by atoms with Crippen molar-refractivity contribution in [3.05, 3.63) is 47.8 Å². The van der Waals surface area contributed by atoms with Crippen LogP contribution < -0.4 is 10.5 Å². The molecule has 0 unspecified atom stereocenters. The van der Waals surface area contributed by atoms with Crippen molar-refractivity contribution < 1.29 is 19.4 Å². The van der Waals surface area contributed by atoms with Crippen molar-refractivity contribution in [2.45, 2.75) is 12.0 Å². The molecule has 1 fully saturated rings. The van der Waals surface area contributed by atoms with E-state index in [0.29, 0.717) is 41.0 Å². The summed E-state index contributed by atoms with van der Waals surface area (Å²) in [4.78, 5) is 30.1. The fraction of sp³-hybridized carbons (Fsp3) is 0.263. The Balaban J connectivity index is 1.88. The number of benzene rings is 1. The van der Waals surface area contributed by atoms with Gasteiger partial charge in [0.25, 0.3) is 11.8 Å². The molecule has 3 N–H and O–H groups in total. The van der Waals surface area contributed by atoms with Gasteiger partial charge in [-0.2, -0.15) is 5.10 Å². The molecule has 2 aromatic heterocycles. The van der Waals surface area contributed by atoms with Gasteiger partial charge >= 0.3 is 0 Å². The van der Waals surface area contributed by atoms with Crippen molar-refractivity contribution in [3.63, 3.8) is 0 Å². The van der Waals surface area contributed by atoms with Crippen molar-refractivity contribution in [1.29, 1.82) is 0 Å². The average molecular weight is 381 g/mol. The molecule has 0 spiro atoms. The Morgan fingerprint density at radius 2 is 2.14 bits per heavy atom. The Labute approximate surface area is 160 Å². The SMILES string of the molecule is COc1cnc2c(c1)c(C(N)=O)nn2-c1cccc([C@]2(O)CCN(C)C2=O)c1. The van der Waals surface area contributed by atoms with Crippen molar-refractivity contribution in [2.24, 2.45) is 5.73 Å². The van der Waals surface area contributed by atoms with E-state index in [0.717, 1.165) is 0 Å². The lowest BCUT2D eigenvalue weighted by Crippen LogP contribution is -2.36. The first kappa shape index (κ1) is 17.9. The number of nitrogens with two attached hydrogens (primary N) is 1. The van der Waals surface area contributed by atoms with Crippen LogP contribution in [0.4, 0.5) is 0 Å². The molecule has 0 radical (unpaired) electrons. The minimum absolute atomic E-state index is 0.0576. The van der Waals surface area contributed by atoms with Crippen LogP contribution in [0.5, 0.6) is 5.75 Å². The molecule has 9 nitrogen and oxygen atoms in total. The van der Waals surface area contributed by atoms with E-state index in [-0.39, 0.29) is 11.6 Å². The van der Waals surface area contributed by atoms with Gasteiger partial charge in [0.2, 0.25) is 0 Å². The molecule has 3 heterocycles. The third-order valence-electron chi connectivity index (χ3n) is 5.04. The number of carbonyl (C=O) groups is 2. The summed E-state index contributed by atoms with van der Waals surface area (Å²) in [5, 5.41) is 15.7. The summed E-state index contributed by atoms with van der Waals surface area (Å²) in [7, 11) is 3.15. The second kappa shape index (κ2) is 6.31. The molecule has 0 aliphatic carbocycles. The summed E-state index contributed by atoms with van der Waals surface area (Å²) in [5.74, 6) is -0.575. The molecule has 0 saturated carbocycles. The van der Waals surface area contributed by atoms with Gasteiger partial charge in [0.15, 0.2) is 16.9 Å². The molecule has 1 aromatic carbocycles. The highest BCUT2D eigenvalue weighted by Crippen LogP contribution is 2.34. The van der Waals surface area contributed by atoms with E-state index in [1.807, 2.05) is 0 Å². The number of nitrogens with zero attached hydrogens (tertiary/aromatic N) is 4. The van der Waals surface area contributed by atoms with Gasteiger partial charge in [-0.05, 0) is 23.8 Å². The number of rotatable bonds is 4. The standard InChI is InChI=1S/C19H19N5O4/c1-23-7-6-19(27,18(23)26)11-4-3-5-12(8-11)24-17-14(15(22-24)16(20)25)9-13(28-2)10-21-17/h3-5,8-10,27H,6-7H2,1-2H3,(H2,20,25)/t19-/m1/s1. The fourth-order valence-electron chi connectivity index (χ4n) is 3.47. The minimum atomic E-state index is -1.59. The molecular weight excluding hydrogens is 362 g/mol. The number of ether oxygens (including phenoxy) is 1. The lowest BCUT2D eigenvalue weighted by atomic mass is 9.92. The topological polar surface area (TPSA) is 124 Å². The van der Waals surface area contributed by atoms with Gasteiger partial charge in [-0.3, -0.25) is 9.59 Å². The Kier molecular flexibility index (Phi) is 4.04. The smallest absolute Gasteiger partial charge is 0.269 e. The van der Waals surface area contributed by atoms with Gasteiger partial charge in [-0.15, -0.1) is 0 Å². The highest BCUT2D eigenvalue weighted by molar-refractivity contribution is 6.03. The van der Waals surface area contributed by atoms with Gasteiger partial charge in [0, 0.05) is 20.0 Å². The van der Waals surface area contributed by atoms with E-state index in [9.17, 15) is 14.7 Å². The van der Waals surface area contributed by atoms with Crippen LogP contribution in [0.3, 0.4) is 0 Å². The first-order valence-corrected chi connectivity index (χ1v) is 8.66. The summed E-state index contributed by atoms with van der Waals surface area (Å²) in [6, 6.07) is 8.46. The van der Waals surface area contributed by atoms with Crippen LogP contribution in [0.15, 0.2) is 36.5 Å². The van der Waals surface area contributed by atoms with Crippen molar-refractivity contribution in [1.82, 2.24) is 19.7 Å². The van der Waals surface area contributed by atoms with Crippen LogP contribution in [0.2, 0.25) is 0 Å². The van der Waals surface area contributed by atoms with Crippen molar-refractivity contribution >= 4 is 22.8 Å². The molecular formula is C19H19N5O4. The largest absolute Gasteiger partial charge is 0.495 e. The van der Waals surface area contributed by atoms with Crippen LogP contribution in [0.1, 0.15) is 22.5 Å². The number of fused-ring (bicyclic) bond motifs is 1. The Hall–Kier alpha value is -3.46. The molecule has 144 valence electrons. The second-order valence-electron chi connectivity index (χ2n) is 6.76. The maximum atomic E-state index is 12.4. The van der Waals surface area contributed by atoms with Gasteiger partial charge in [-0.1, -0.05) is 12.1 Å². The Morgan fingerprint density at radius 1 is 1.36 bits per heavy atom. The number of methoxy groups -OCH3 is 1. The van der Waals surface area contributed by atoms with Crippen molar-refractivity contribution in [3.8, 4) is 11.4 Å². The predicted molar refractivity (Wildman–Crippen MR) is 100 cm³/mol.